The molecule has 1 aliphatic heterocycles. The van der Waals surface area contributed by atoms with E-state index in [9.17, 15) is 0 Å². The van der Waals surface area contributed by atoms with E-state index in [1.807, 2.05) is 32.1 Å². The van der Waals surface area contributed by atoms with Gasteiger partial charge < -0.3 is 21.7 Å². The van der Waals surface area contributed by atoms with Gasteiger partial charge in [-0.1, -0.05) is 24.8 Å². The van der Waals surface area contributed by atoms with Crippen LogP contribution in [0.15, 0.2) is 48.0 Å². The summed E-state index contributed by atoms with van der Waals surface area (Å²) in [6.07, 6.45) is 13.4. The summed E-state index contributed by atoms with van der Waals surface area (Å²) in [5.41, 5.74) is 15.0. The maximum Gasteiger partial charge on any atom is 0.101 e. The Morgan fingerprint density at radius 2 is 1.83 bits per heavy atom. The van der Waals surface area contributed by atoms with E-state index in [0.29, 0.717) is 5.41 Å². The first-order valence-corrected chi connectivity index (χ1v) is 9.13. The fraction of sp³-hybridized carbons (Fsp3) is 0.600. The molecule has 4 heteroatoms. The average Bonchev–Trinajstić information content (AvgIpc) is 3.26. The summed E-state index contributed by atoms with van der Waals surface area (Å²) < 4.78 is 0. The Kier molecular flexibility index (Phi) is 6.16. The Hall–Kier alpha value is -1.68. The molecule has 0 aromatic heterocycles. The monoisotopic (exact) mass is 330 g/mol. The molecule has 1 aliphatic carbocycles. The van der Waals surface area contributed by atoms with E-state index >= 15 is 0 Å². The summed E-state index contributed by atoms with van der Waals surface area (Å²) in [6, 6.07) is 0.114. The minimum Gasteiger partial charge on any atom is -0.385 e. The smallest absolute Gasteiger partial charge is 0.101 e. The van der Waals surface area contributed by atoms with E-state index in [1.54, 1.807) is 0 Å². The second-order valence-corrected chi connectivity index (χ2v) is 7.43. The van der Waals surface area contributed by atoms with Crippen molar-refractivity contribution >= 4 is 0 Å². The van der Waals surface area contributed by atoms with Gasteiger partial charge in [0.25, 0.3) is 0 Å². The molecule has 5 N–H and O–H groups in total. The number of hydrogen-bond donors (Lipinski definition) is 3. The lowest BCUT2D eigenvalue weighted by Crippen LogP contribution is -2.38. The molecular formula is C20H34N4. The van der Waals surface area contributed by atoms with Crippen molar-refractivity contribution in [1.82, 2.24) is 10.2 Å². The van der Waals surface area contributed by atoms with Crippen molar-refractivity contribution in [3.05, 3.63) is 48.0 Å². The van der Waals surface area contributed by atoms with Crippen molar-refractivity contribution in [3.8, 4) is 0 Å². The molecule has 0 radical (unpaired) electrons. The van der Waals surface area contributed by atoms with Gasteiger partial charge in [0.15, 0.2) is 0 Å². The van der Waals surface area contributed by atoms with Gasteiger partial charge in [0.2, 0.25) is 0 Å². The van der Waals surface area contributed by atoms with Crippen LogP contribution in [0, 0.1) is 5.41 Å². The predicted molar refractivity (Wildman–Crippen MR) is 103 cm³/mol. The van der Waals surface area contributed by atoms with Crippen LogP contribution in [0.2, 0.25) is 0 Å². The van der Waals surface area contributed by atoms with Gasteiger partial charge >= 0.3 is 0 Å². The number of nitrogens with two attached hydrogens (primary N) is 2. The fourth-order valence-corrected chi connectivity index (χ4v) is 3.49. The maximum absolute atomic E-state index is 6.29. The van der Waals surface area contributed by atoms with E-state index in [-0.39, 0.29) is 12.1 Å². The quantitative estimate of drug-likeness (QED) is 0.628. The average molecular weight is 331 g/mol. The molecule has 4 nitrogen and oxygen atoms in total. The van der Waals surface area contributed by atoms with Gasteiger partial charge in [-0.2, -0.15) is 0 Å². The zero-order valence-electron chi connectivity index (χ0n) is 15.5. The second-order valence-electron chi connectivity index (χ2n) is 7.43. The second kappa shape index (κ2) is 7.93. The van der Waals surface area contributed by atoms with Gasteiger partial charge in [0, 0.05) is 36.9 Å². The van der Waals surface area contributed by atoms with Crippen LogP contribution >= 0.6 is 0 Å². The molecule has 134 valence electrons. The fourth-order valence-electron chi connectivity index (χ4n) is 3.49. The highest BCUT2D eigenvalue weighted by Crippen LogP contribution is 2.53. The summed E-state index contributed by atoms with van der Waals surface area (Å²) in [5, 5.41) is 3.41. The molecule has 24 heavy (non-hydrogen) atoms. The topological polar surface area (TPSA) is 67.3 Å². The Morgan fingerprint density at radius 3 is 2.33 bits per heavy atom. The molecule has 2 rings (SSSR count). The molecule has 2 atom stereocenters. The third-order valence-corrected chi connectivity index (χ3v) is 5.38. The van der Waals surface area contributed by atoms with Crippen LogP contribution in [0.3, 0.4) is 0 Å². The lowest BCUT2D eigenvalue weighted by atomic mass is 9.94. The summed E-state index contributed by atoms with van der Waals surface area (Å²) >= 11 is 0. The molecule has 0 aromatic rings. The molecule has 1 heterocycles. The van der Waals surface area contributed by atoms with E-state index in [4.69, 9.17) is 11.5 Å². The predicted octanol–water partition coefficient (Wildman–Crippen LogP) is 3.00. The van der Waals surface area contributed by atoms with Crippen LogP contribution < -0.4 is 16.8 Å². The van der Waals surface area contributed by atoms with Crippen molar-refractivity contribution in [2.45, 2.75) is 58.5 Å². The first-order valence-electron chi connectivity index (χ1n) is 9.13. The molecule has 2 unspecified atom stereocenters. The Bertz CT molecular complexity index is 528. The number of allylic oxidation sites excluding steroid dienone is 4. The Balaban J connectivity index is 1.90. The van der Waals surface area contributed by atoms with Gasteiger partial charge in [-0.25, -0.2) is 0 Å². The number of nitrogens with one attached hydrogen (secondary N) is 1. The molecule has 0 bridgehead atoms. The van der Waals surface area contributed by atoms with Gasteiger partial charge in [-0.05, 0) is 57.4 Å². The van der Waals surface area contributed by atoms with Gasteiger partial charge in [-0.15, -0.1) is 0 Å². The SMILES string of the molecule is C=C(/C=C(\N)N1CCC2(CC1)CC2)NC(C)/C(=C\C=C/C)C(C)N. The van der Waals surface area contributed by atoms with Crippen LogP contribution in [-0.4, -0.2) is 30.1 Å². The molecule has 0 amide bonds. The van der Waals surface area contributed by atoms with Crippen molar-refractivity contribution < 1.29 is 0 Å². The highest BCUT2D eigenvalue weighted by Gasteiger charge is 2.44. The number of rotatable bonds is 7. The van der Waals surface area contributed by atoms with Gasteiger partial charge in [0.05, 0.1) is 0 Å². The third kappa shape index (κ3) is 4.91. The van der Waals surface area contributed by atoms with Crippen molar-refractivity contribution in [2.75, 3.05) is 13.1 Å². The lowest BCUT2D eigenvalue weighted by Gasteiger charge is -2.34. The minimum absolute atomic E-state index is 0.00495. The summed E-state index contributed by atoms with van der Waals surface area (Å²) in [4.78, 5) is 2.28. The van der Waals surface area contributed by atoms with E-state index in [1.165, 1.54) is 25.7 Å². The first kappa shape index (κ1) is 18.7. The van der Waals surface area contributed by atoms with Crippen LogP contribution in [0.4, 0.5) is 0 Å². The number of nitrogens with zero attached hydrogens (tertiary/aromatic N) is 1. The van der Waals surface area contributed by atoms with Crippen molar-refractivity contribution in [1.29, 1.82) is 0 Å². The Morgan fingerprint density at radius 1 is 1.21 bits per heavy atom. The van der Waals surface area contributed by atoms with E-state index in [2.05, 4.69) is 29.8 Å². The van der Waals surface area contributed by atoms with Crippen molar-refractivity contribution in [3.63, 3.8) is 0 Å². The van der Waals surface area contributed by atoms with Crippen LogP contribution in [-0.2, 0) is 0 Å². The van der Waals surface area contributed by atoms with E-state index < -0.39 is 0 Å². The zero-order chi connectivity index (χ0) is 17.7. The molecule has 2 fully saturated rings. The molecule has 1 saturated heterocycles. The number of hydrogen-bond acceptors (Lipinski definition) is 4. The van der Waals surface area contributed by atoms with E-state index in [0.717, 1.165) is 30.2 Å². The third-order valence-electron chi connectivity index (χ3n) is 5.38. The number of likely N-dealkylation sites (tertiary alicyclic amines) is 1. The largest absolute Gasteiger partial charge is 0.385 e. The minimum atomic E-state index is -0.00495. The summed E-state index contributed by atoms with van der Waals surface area (Å²) in [5.74, 6) is 0.815. The molecular weight excluding hydrogens is 296 g/mol. The standard InChI is InChI=1S/C20H34N4/c1-5-6-7-18(16(3)21)17(4)23-15(2)14-19(22)24-12-10-20(8-9-20)11-13-24/h5-7,14,16-17,23H,2,8-13,21-22H2,1,3-4H3/b6-5-,18-7-,19-14+. The highest BCUT2D eigenvalue weighted by molar-refractivity contribution is 5.26. The maximum atomic E-state index is 6.29. The highest BCUT2D eigenvalue weighted by atomic mass is 15.2. The normalized spacial score (nSPS) is 23.4. The van der Waals surface area contributed by atoms with Crippen LogP contribution in [0.25, 0.3) is 0 Å². The first-order chi connectivity index (χ1) is 11.4. The molecule has 1 saturated carbocycles. The summed E-state index contributed by atoms with van der Waals surface area (Å²) in [6.45, 7) is 12.4. The van der Waals surface area contributed by atoms with Gasteiger partial charge in [-0.3, -0.25) is 0 Å². The number of piperidine rings is 1. The Labute approximate surface area is 147 Å². The zero-order valence-corrected chi connectivity index (χ0v) is 15.5. The molecule has 1 spiro atoms. The molecule has 2 aliphatic rings. The van der Waals surface area contributed by atoms with Crippen molar-refractivity contribution in [2.24, 2.45) is 16.9 Å². The molecule has 0 aromatic carbocycles. The van der Waals surface area contributed by atoms with Crippen LogP contribution in [0.5, 0.6) is 0 Å². The lowest BCUT2D eigenvalue weighted by molar-refractivity contribution is 0.210. The summed E-state index contributed by atoms with van der Waals surface area (Å²) in [7, 11) is 0. The van der Waals surface area contributed by atoms with Gasteiger partial charge in [0.1, 0.15) is 5.82 Å². The van der Waals surface area contributed by atoms with Crippen LogP contribution in [0.1, 0.15) is 46.5 Å².